The Morgan fingerprint density at radius 2 is 1.95 bits per heavy atom. The second kappa shape index (κ2) is 5.93. The van der Waals surface area contributed by atoms with E-state index in [2.05, 4.69) is 15.9 Å². The maximum Gasteiger partial charge on any atom is 0.184 e. The van der Waals surface area contributed by atoms with Crippen LogP contribution in [0.4, 0.5) is 8.78 Å². The van der Waals surface area contributed by atoms with Gasteiger partial charge >= 0.3 is 0 Å². The van der Waals surface area contributed by atoms with Gasteiger partial charge in [0.25, 0.3) is 0 Å². The molecule has 0 saturated carbocycles. The number of halogens is 3. The predicted octanol–water partition coefficient (Wildman–Crippen LogP) is 4.22. The van der Waals surface area contributed by atoms with Crippen LogP contribution in [0.2, 0.25) is 0 Å². The molecule has 1 unspecified atom stereocenters. The molecule has 0 saturated heterocycles. The van der Waals surface area contributed by atoms with Crippen molar-refractivity contribution in [3.05, 3.63) is 69.7 Å². The van der Waals surface area contributed by atoms with E-state index in [4.69, 9.17) is 5.26 Å². The summed E-state index contributed by atoms with van der Waals surface area (Å²) in [6.07, 6.45) is 0. The summed E-state index contributed by atoms with van der Waals surface area (Å²) in [5.41, 5.74) is 0.322. The lowest BCUT2D eigenvalue weighted by atomic mass is 9.92. The van der Waals surface area contributed by atoms with Gasteiger partial charge in [0.2, 0.25) is 0 Å². The molecule has 20 heavy (non-hydrogen) atoms. The van der Waals surface area contributed by atoms with Gasteiger partial charge in [-0.25, -0.2) is 8.78 Å². The normalized spacial score (nSPS) is 11.7. The van der Waals surface area contributed by atoms with Crippen molar-refractivity contribution in [2.75, 3.05) is 0 Å². The monoisotopic (exact) mass is 335 g/mol. The van der Waals surface area contributed by atoms with Gasteiger partial charge in [0.1, 0.15) is 17.6 Å². The summed E-state index contributed by atoms with van der Waals surface area (Å²) in [6.45, 7) is 0. The minimum absolute atomic E-state index is 0.0708. The molecule has 2 aromatic carbocycles. The average Bonchev–Trinajstić information content (AvgIpc) is 2.42. The highest BCUT2D eigenvalue weighted by molar-refractivity contribution is 9.10. The van der Waals surface area contributed by atoms with Crippen LogP contribution in [0, 0.1) is 23.0 Å². The van der Waals surface area contributed by atoms with Crippen molar-refractivity contribution in [2.24, 2.45) is 0 Å². The quantitative estimate of drug-likeness (QED) is 0.788. The lowest BCUT2D eigenvalue weighted by Crippen LogP contribution is -2.11. The Labute approximate surface area is 122 Å². The number of benzene rings is 2. The summed E-state index contributed by atoms with van der Waals surface area (Å²) < 4.78 is 26.8. The highest BCUT2D eigenvalue weighted by atomic mass is 79.9. The standard InChI is InChI=1S/C15H8BrF2NO/c16-13-5-4-10(7-14(13)18)15(20)12(8-19)9-2-1-3-11(17)6-9/h1-7,12H. The van der Waals surface area contributed by atoms with E-state index in [0.29, 0.717) is 0 Å². The zero-order valence-corrected chi connectivity index (χ0v) is 11.7. The molecule has 2 nitrogen and oxygen atoms in total. The van der Waals surface area contributed by atoms with Gasteiger partial charge in [0.05, 0.1) is 10.5 Å². The van der Waals surface area contributed by atoms with Crippen LogP contribution in [0.3, 0.4) is 0 Å². The van der Waals surface area contributed by atoms with E-state index in [0.717, 1.165) is 12.1 Å². The lowest BCUT2D eigenvalue weighted by molar-refractivity contribution is 0.0978. The van der Waals surface area contributed by atoms with Crippen molar-refractivity contribution in [3.63, 3.8) is 0 Å². The van der Waals surface area contributed by atoms with Crippen LogP contribution in [-0.4, -0.2) is 5.78 Å². The number of nitriles is 1. The molecule has 2 aromatic rings. The fourth-order valence-corrected chi connectivity index (χ4v) is 2.03. The topological polar surface area (TPSA) is 40.9 Å². The Bertz CT molecular complexity index is 709. The fraction of sp³-hybridized carbons (Fsp3) is 0.0667. The number of nitrogens with zero attached hydrogens (tertiary/aromatic N) is 1. The van der Waals surface area contributed by atoms with Crippen molar-refractivity contribution in [1.82, 2.24) is 0 Å². The molecule has 0 bridgehead atoms. The minimum Gasteiger partial charge on any atom is -0.292 e. The van der Waals surface area contributed by atoms with Gasteiger partial charge in [0, 0.05) is 5.56 Å². The molecular formula is C15H8BrF2NO. The first-order valence-corrected chi connectivity index (χ1v) is 6.46. The first-order chi connectivity index (χ1) is 9.52. The first kappa shape index (κ1) is 14.4. The number of hydrogen-bond donors (Lipinski definition) is 0. The van der Waals surface area contributed by atoms with E-state index >= 15 is 0 Å². The molecule has 0 aliphatic carbocycles. The predicted molar refractivity (Wildman–Crippen MR) is 73.2 cm³/mol. The molecule has 0 spiro atoms. The Morgan fingerprint density at radius 3 is 2.55 bits per heavy atom. The third-order valence-corrected chi connectivity index (χ3v) is 3.42. The van der Waals surface area contributed by atoms with Gasteiger partial charge in [-0.2, -0.15) is 5.26 Å². The van der Waals surface area contributed by atoms with Crippen LogP contribution in [-0.2, 0) is 0 Å². The van der Waals surface area contributed by atoms with Crippen molar-refractivity contribution in [1.29, 1.82) is 5.26 Å². The third kappa shape index (κ3) is 2.91. The first-order valence-electron chi connectivity index (χ1n) is 5.67. The Balaban J connectivity index is 2.39. The molecule has 0 fully saturated rings. The molecule has 0 radical (unpaired) electrons. The van der Waals surface area contributed by atoms with Crippen molar-refractivity contribution < 1.29 is 13.6 Å². The highest BCUT2D eigenvalue weighted by Crippen LogP contribution is 2.23. The van der Waals surface area contributed by atoms with E-state index in [-0.39, 0.29) is 15.6 Å². The second-order valence-electron chi connectivity index (χ2n) is 4.11. The summed E-state index contributed by atoms with van der Waals surface area (Å²) >= 11 is 2.99. The average molecular weight is 336 g/mol. The number of Topliss-reactive ketones (excluding diaryl/α,β-unsaturated/α-hetero) is 1. The van der Waals surface area contributed by atoms with Crippen molar-refractivity contribution in [2.45, 2.75) is 5.92 Å². The zero-order chi connectivity index (χ0) is 14.7. The second-order valence-corrected chi connectivity index (χ2v) is 4.96. The van der Waals surface area contributed by atoms with Crippen LogP contribution in [0.1, 0.15) is 21.8 Å². The van der Waals surface area contributed by atoms with Crippen LogP contribution >= 0.6 is 15.9 Å². The van der Waals surface area contributed by atoms with Crippen molar-refractivity contribution >= 4 is 21.7 Å². The third-order valence-electron chi connectivity index (χ3n) is 2.78. The van der Waals surface area contributed by atoms with Gasteiger partial charge in [-0.3, -0.25) is 4.79 Å². The smallest absolute Gasteiger partial charge is 0.184 e. The molecule has 0 N–H and O–H groups in total. The van der Waals surface area contributed by atoms with Crippen LogP contribution in [0.25, 0.3) is 0 Å². The molecular weight excluding hydrogens is 328 g/mol. The van der Waals surface area contributed by atoms with Gasteiger partial charge in [0.15, 0.2) is 5.78 Å². The molecule has 0 aliphatic rings. The maximum atomic E-state index is 13.4. The van der Waals surface area contributed by atoms with Crippen LogP contribution in [0.5, 0.6) is 0 Å². The van der Waals surface area contributed by atoms with Crippen LogP contribution in [0.15, 0.2) is 46.9 Å². The Morgan fingerprint density at radius 1 is 1.20 bits per heavy atom. The molecule has 0 aliphatic heterocycles. The van der Waals surface area contributed by atoms with E-state index < -0.39 is 23.3 Å². The Kier molecular flexibility index (Phi) is 4.26. The summed E-state index contributed by atoms with van der Waals surface area (Å²) in [5, 5.41) is 9.13. The molecule has 5 heteroatoms. The number of ketones is 1. The summed E-state index contributed by atoms with van der Waals surface area (Å²) in [7, 11) is 0. The van der Waals surface area contributed by atoms with Gasteiger partial charge in [-0.05, 0) is 45.8 Å². The van der Waals surface area contributed by atoms with Gasteiger partial charge in [-0.1, -0.05) is 18.2 Å². The number of carbonyl (C=O) groups excluding carboxylic acids is 1. The summed E-state index contributed by atoms with van der Waals surface area (Å²) in [6, 6.07) is 10.9. The van der Waals surface area contributed by atoms with Gasteiger partial charge in [-0.15, -0.1) is 0 Å². The van der Waals surface area contributed by atoms with Gasteiger partial charge < -0.3 is 0 Å². The molecule has 2 rings (SSSR count). The highest BCUT2D eigenvalue weighted by Gasteiger charge is 2.22. The zero-order valence-electron chi connectivity index (χ0n) is 10.1. The van der Waals surface area contributed by atoms with E-state index in [1.165, 1.54) is 30.3 Å². The maximum absolute atomic E-state index is 13.4. The fourth-order valence-electron chi connectivity index (χ4n) is 1.79. The Hall–Kier alpha value is -2.06. The van der Waals surface area contributed by atoms with E-state index in [1.807, 2.05) is 6.07 Å². The summed E-state index contributed by atoms with van der Waals surface area (Å²) in [5.74, 6) is -2.85. The van der Waals surface area contributed by atoms with Crippen molar-refractivity contribution in [3.8, 4) is 6.07 Å². The number of hydrogen-bond acceptors (Lipinski definition) is 2. The number of carbonyl (C=O) groups is 1. The largest absolute Gasteiger partial charge is 0.292 e. The minimum atomic E-state index is -1.16. The molecule has 100 valence electrons. The SMILES string of the molecule is N#CC(C(=O)c1ccc(Br)c(F)c1)c1cccc(F)c1. The van der Waals surface area contributed by atoms with Crippen LogP contribution < -0.4 is 0 Å². The molecule has 1 atom stereocenters. The molecule has 0 heterocycles. The lowest BCUT2D eigenvalue weighted by Gasteiger charge is -2.09. The summed E-state index contributed by atoms with van der Waals surface area (Å²) in [4.78, 5) is 12.2. The molecule has 0 amide bonds. The molecule has 0 aromatic heterocycles. The number of rotatable bonds is 3. The van der Waals surface area contributed by atoms with E-state index in [9.17, 15) is 13.6 Å². The van der Waals surface area contributed by atoms with E-state index in [1.54, 1.807) is 0 Å².